The number of hydrogen-bond donors (Lipinski definition) is 2. The highest BCUT2D eigenvalue weighted by Crippen LogP contribution is 2.23. The molecule has 0 saturated heterocycles. The van der Waals surface area contributed by atoms with Crippen molar-refractivity contribution >= 4 is 11.8 Å². The van der Waals surface area contributed by atoms with Crippen LogP contribution >= 0.6 is 0 Å². The molecule has 2 N–H and O–H groups in total. The Kier molecular flexibility index (Phi) is 5.49. The predicted molar refractivity (Wildman–Crippen MR) is 94.8 cm³/mol. The molecule has 0 aliphatic carbocycles. The van der Waals surface area contributed by atoms with Crippen molar-refractivity contribution in [3.8, 4) is 0 Å². The number of H-pyrrole nitrogens is 1. The third kappa shape index (κ3) is 5.01. The normalized spacial score (nSPS) is 12.5. The summed E-state index contributed by atoms with van der Waals surface area (Å²) < 4.78 is 5.40. The van der Waals surface area contributed by atoms with Gasteiger partial charge in [-0.2, -0.15) is 5.10 Å². The molecule has 24 heavy (non-hydrogen) atoms. The lowest BCUT2D eigenvalue weighted by atomic mass is 10.1. The third-order valence-electron chi connectivity index (χ3n) is 3.49. The van der Waals surface area contributed by atoms with Crippen molar-refractivity contribution < 1.29 is 9.53 Å². The van der Waals surface area contributed by atoms with Crippen molar-refractivity contribution in [3.63, 3.8) is 0 Å². The van der Waals surface area contributed by atoms with Crippen LogP contribution in [0.2, 0.25) is 0 Å². The summed E-state index contributed by atoms with van der Waals surface area (Å²) in [5.74, 6) is 0. The smallest absolute Gasteiger partial charge is 0.410 e. The van der Waals surface area contributed by atoms with Crippen LogP contribution in [0.25, 0.3) is 0 Å². The number of carbonyl (C=O) groups is 1. The zero-order chi connectivity index (χ0) is 17.7. The fraction of sp³-hybridized carbons (Fsp3) is 0.444. The number of nitrogens with one attached hydrogen (secondary N) is 2. The van der Waals surface area contributed by atoms with Gasteiger partial charge in [-0.15, -0.1) is 0 Å². The van der Waals surface area contributed by atoms with E-state index in [0.29, 0.717) is 6.54 Å². The summed E-state index contributed by atoms with van der Waals surface area (Å²) in [6.45, 7) is 8.11. The molecule has 6 heteroatoms. The van der Waals surface area contributed by atoms with Crippen LogP contribution in [0.4, 0.5) is 10.5 Å². The van der Waals surface area contributed by atoms with Crippen LogP contribution in [-0.4, -0.2) is 33.8 Å². The van der Waals surface area contributed by atoms with Crippen LogP contribution in [0.15, 0.2) is 36.5 Å². The minimum atomic E-state index is -0.502. The molecule has 1 aromatic carbocycles. The second kappa shape index (κ2) is 7.38. The van der Waals surface area contributed by atoms with Gasteiger partial charge < -0.3 is 15.0 Å². The number of aromatic amines is 1. The molecule has 2 aromatic rings. The fourth-order valence-electron chi connectivity index (χ4n) is 2.28. The van der Waals surface area contributed by atoms with Crippen LogP contribution in [0.1, 0.15) is 45.0 Å². The highest BCUT2D eigenvalue weighted by Gasteiger charge is 2.20. The number of amides is 1. The first-order valence-electron chi connectivity index (χ1n) is 8.04. The van der Waals surface area contributed by atoms with Gasteiger partial charge in [-0.1, -0.05) is 18.2 Å². The Labute approximate surface area is 143 Å². The maximum atomic E-state index is 12.2. The minimum Gasteiger partial charge on any atom is -0.444 e. The number of ether oxygens (including phenoxy) is 1. The van der Waals surface area contributed by atoms with Gasteiger partial charge in [-0.3, -0.25) is 5.10 Å². The molecule has 1 heterocycles. The minimum absolute atomic E-state index is 0.0838. The summed E-state index contributed by atoms with van der Waals surface area (Å²) in [5, 5.41) is 10.4. The van der Waals surface area contributed by atoms with E-state index in [1.807, 2.05) is 51.1 Å². The first-order chi connectivity index (χ1) is 11.3. The lowest BCUT2D eigenvalue weighted by Crippen LogP contribution is -2.34. The molecular formula is C18H26N4O2. The van der Waals surface area contributed by atoms with E-state index in [-0.39, 0.29) is 12.1 Å². The average Bonchev–Trinajstić information content (AvgIpc) is 3.01. The zero-order valence-corrected chi connectivity index (χ0v) is 15.0. The maximum absolute atomic E-state index is 12.2. The van der Waals surface area contributed by atoms with Gasteiger partial charge >= 0.3 is 6.09 Å². The van der Waals surface area contributed by atoms with E-state index >= 15 is 0 Å². The quantitative estimate of drug-likeness (QED) is 0.871. The van der Waals surface area contributed by atoms with E-state index in [2.05, 4.69) is 22.4 Å². The molecule has 0 radical (unpaired) electrons. The molecule has 0 spiro atoms. The van der Waals surface area contributed by atoms with Crippen molar-refractivity contribution in [2.45, 2.75) is 45.9 Å². The highest BCUT2D eigenvalue weighted by molar-refractivity contribution is 5.68. The predicted octanol–water partition coefficient (Wildman–Crippen LogP) is 3.95. The van der Waals surface area contributed by atoms with Gasteiger partial charge in [0.25, 0.3) is 0 Å². The maximum Gasteiger partial charge on any atom is 0.410 e. The summed E-state index contributed by atoms with van der Waals surface area (Å²) in [6, 6.07) is 9.96. The van der Waals surface area contributed by atoms with E-state index in [0.717, 1.165) is 16.9 Å². The van der Waals surface area contributed by atoms with E-state index in [4.69, 9.17) is 4.74 Å². The Bertz CT molecular complexity index is 662. The molecule has 0 bridgehead atoms. The van der Waals surface area contributed by atoms with Crippen LogP contribution in [-0.2, 0) is 11.3 Å². The molecule has 1 aromatic heterocycles. The molecular weight excluding hydrogens is 304 g/mol. The standard InChI is InChI=1S/C18H26N4O2/c1-13(15-10-11-19-21-15)20-16-9-7-6-8-14(16)12-22(5)17(23)24-18(2,3)4/h6-11,13,20H,12H2,1-5H3,(H,19,21). The molecule has 0 saturated carbocycles. The fourth-order valence-corrected chi connectivity index (χ4v) is 2.28. The van der Waals surface area contributed by atoms with Crippen molar-refractivity contribution in [1.29, 1.82) is 0 Å². The number of rotatable bonds is 5. The van der Waals surface area contributed by atoms with Crippen molar-refractivity contribution in [3.05, 3.63) is 47.8 Å². The zero-order valence-electron chi connectivity index (χ0n) is 15.0. The molecule has 1 amide bonds. The van der Waals surface area contributed by atoms with E-state index in [1.165, 1.54) is 0 Å². The highest BCUT2D eigenvalue weighted by atomic mass is 16.6. The van der Waals surface area contributed by atoms with Crippen molar-refractivity contribution in [2.75, 3.05) is 12.4 Å². The van der Waals surface area contributed by atoms with E-state index in [1.54, 1.807) is 18.1 Å². The Morgan fingerprint density at radius 2 is 2.04 bits per heavy atom. The topological polar surface area (TPSA) is 70.2 Å². The third-order valence-corrected chi connectivity index (χ3v) is 3.49. The Morgan fingerprint density at radius 3 is 2.67 bits per heavy atom. The van der Waals surface area contributed by atoms with Crippen LogP contribution in [0.5, 0.6) is 0 Å². The van der Waals surface area contributed by atoms with Gasteiger partial charge in [0.15, 0.2) is 0 Å². The number of para-hydroxylation sites is 1. The SMILES string of the molecule is CC(Nc1ccccc1CN(C)C(=O)OC(C)(C)C)c1ccn[nH]1. The number of benzene rings is 1. The lowest BCUT2D eigenvalue weighted by molar-refractivity contribution is 0.0285. The van der Waals surface area contributed by atoms with E-state index in [9.17, 15) is 4.79 Å². The number of aromatic nitrogens is 2. The Hall–Kier alpha value is -2.50. The molecule has 0 aliphatic rings. The van der Waals surface area contributed by atoms with Gasteiger partial charge in [0, 0.05) is 18.9 Å². The van der Waals surface area contributed by atoms with Crippen LogP contribution in [0, 0.1) is 0 Å². The molecule has 0 aliphatic heterocycles. The Morgan fingerprint density at radius 1 is 1.33 bits per heavy atom. The van der Waals surface area contributed by atoms with Gasteiger partial charge in [0.05, 0.1) is 18.3 Å². The van der Waals surface area contributed by atoms with Gasteiger partial charge in [-0.05, 0) is 45.4 Å². The number of hydrogen-bond acceptors (Lipinski definition) is 4. The van der Waals surface area contributed by atoms with Crippen molar-refractivity contribution in [2.24, 2.45) is 0 Å². The molecule has 130 valence electrons. The second-order valence-electron chi connectivity index (χ2n) is 6.87. The summed E-state index contributed by atoms with van der Waals surface area (Å²) in [4.78, 5) is 13.7. The Balaban J connectivity index is 2.07. The molecule has 1 unspecified atom stereocenters. The molecule has 2 rings (SSSR count). The van der Waals surface area contributed by atoms with E-state index < -0.39 is 5.60 Å². The van der Waals surface area contributed by atoms with Crippen molar-refractivity contribution in [1.82, 2.24) is 15.1 Å². The average molecular weight is 330 g/mol. The summed E-state index contributed by atoms with van der Waals surface area (Å²) in [7, 11) is 1.74. The van der Waals surface area contributed by atoms with Crippen LogP contribution < -0.4 is 5.32 Å². The first-order valence-corrected chi connectivity index (χ1v) is 8.04. The summed E-state index contributed by atoms with van der Waals surface area (Å²) in [6.07, 6.45) is 1.40. The summed E-state index contributed by atoms with van der Waals surface area (Å²) in [5.41, 5.74) is 2.51. The molecule has 1 atom stereocenters. The largest absolute Gasteiger partial charge is 0.444 e. The summed E-state index contributed by atoms with van der Waals surface area (Å²) >= 11 is 0. The lowest BCUT2D eigenvalue weighted by Gasteiger charge is -2.25. The number of anilines is 1. The van der Waals surface area contributed by atoms with Crippen LogP contribution in [0.3, 0.4) is 0 Å². The monoisotopic (exact) mass is 330 g/mol. The van der Waals surface area contributed by atoms with Gasteiger partial charge in [-0.25, -0.2) is 4.79 Å². The number of carbonyl (C=O) groups excluding carboxylic acids is 1. The molecule has 0 fully saturated rings. The van der Waals surface area contributed by atoms with Gasteiger partial charge in [0.1, 0.15) is 5.60 Å². The first kappa shape index (κ1) is 17.8. The van der Waals surface area contributed by atoms with Gasteiger partial charge in [0.2, 0.25) is 0 Å². The second-order valence-corrected chi connectivity index (χ2v) is 6.87. The number of nitrogens with zero attached hydrogens (tertiary/aromatic N) is 2. The molecule has 6 nitrogen and oxygen atoms in total.